The minimum Gasteiger partial charge on any atom is -0.356 e. The molecule has 4 nitrogen and oxygen atoms in total. The van der Waals surface area contributed by atoms with E-state index in [9.17, 15) is 17.6 Å². The Morgan fingerprint density at radius 2 is 1.73 bits per heavy atom. The lowest BCUT2D eigenvalue weighted by atomic mass is 10.1. The van der Waals surface area contributed by atoms with Crippen LogP contribution in [0.5, 0.6) is 0 Å². The molecule has 0 saturated carbocycles. The highest BCUT2D eigenvalue weighted by Crippen LogP contribution is 2.25. The molecule has 1 atom stereocenters. The van der Waals surface area contributed by atoms with Crippen LogP contribution in [-0.2, 0) is 6.42 Å². The quantitative estimate of drug-likeness (QED) is 0.306. The molecule has 1 aliphatic heterocycles. The van der Waals surface area contributed by atoms with Gasteiger partial charge < -0.3 is 10.2 Å². The van der Waals surface area contributed by atoms with Crippen molar-refractivity contribution in [1.29, 1.82) is 0 Å². The van der Waals surface area contributed by atoms with Crippen molar-refractivity contribution in [2.75, 3.05) is 39.8 Å². The van der Waals surface area contributed by atoms with Crippen LogP contribution in [0.2, 0.25) is 0 Å². The maximum Gasteiger partial charge on any atom is 0.403 e. The van der Waals surface area contributed by atoms with Gasteiger partial charge in [-0.15, -0.1) is 24.0 Å². The molecule has 1 aromatic carbocycles. The van der Waals surface area contributed by atoms with E-state index in [-0.39, 0.29) is 29.8 Å². The van der Waals surface area contributed by atoms with Crippen molar-refractivity contribution in [3.63, 3.8) is 0 Å². The Labute approximate surface area is 168 Å². The molecule has 0 amide bonds. The number of piperazine rings is 1. The number of aliphatic imine (C=N–C) groups is 1. The summed E-state index contributed by atoms with van der Waals surface area (Å²) in [6.45, 7) is 3.51. The van der Waals surface area contributed by atoms with Gasteiger partial charge in [0.15, 0.2) is 5.96 Å². The number of nitrogens with zero attached hydrogens (tertiary/aromatic N) is 3. The molecule has 1 fully saturated rings. The first-order valence-electron chi connectivity index (χ1n) is 8.32. The van der Waals surface area contributed by atoms with Crippen LogP contribution >= 0.6 is 24.0 Å². The largest absolute Gasteiger partial charge is 0.403 e. The summed E-state index contributed by atoms with van der Waals surface area (Å²) in [5.41, 5.74) is 1.01. The highest BCUT2D eigenvalue weighted by Gasteiger charge is 2.41. The highest BCUT2D eigenvalue weighted by atomic mass is 127. The van der Waals surface area contributed by atoms with Gasteiger partial charge in [0.1, 0.15) is 11.9 Å². The number of benzene rings is 1. The van der Waals surface area contributed by atoms with Crippen molar-refractivity contribution >= 4 is 29.9 Å². The zero-order valence-electron chi connectivity index (χ0n) is 14.9. The van der Waals surface area contributed by atoms with Gasteiger partial charge in [-0.1, -0.05) is 12.1 Å². The molecule has 9 heteroatoms. The van der Waals surface area contributed by atoms with Crippen molar-refractivity contribution in [1.82, 2.24) is 15.1 Å². The van der Waals surface area contributed by atoms with Crippen LogP contribution in [0.4, 0.5) is 17.6 Å². The van der Waals surface area contributed by atoms with Gasteiger partial charge in [-0.05, 0) is 31.0 Å². The van der Waals surface area contributed by atoms with E-state index in [1.54, 1.807) is 19.2 Å². The molecule has 148 valence electrons. The van der Waals surface area contributed by atoms with Gasteiger partial charge in [-0.2, -0.15) is 13.2 Å². The van der Waals surface area contributed by atoms with E-state index < -0.39 is 12.2 Å². The van der Waals surface area contributed by atoms with Crippen LogP contribution in [0.3, 0.4) is 0 Å². The summed E-state index contributed by atoms with van der Waals surface area (Å²) in [6.07, 6.45) is -3.48. The molecule has 0 aromatic heterocycles. The van der Waals surface area contributed by atoms with Crippen molar-refractivity contribution in [3.8, 4) is 0 Å². The number of hydrogen-bond acceptors (Lipinski definition) is 2. The van der Waals surface area contributed by atoms with Crippen LogP contribution in [0, 0.1) is 5.82 Å². The van der Waals surface area contributed by atoms with Crippen LogP contribution in [0.1, 0.15) is 12.5 Å². The molecule has 0 aliphatic carbocycles. The standard InChI is InChI=1S/C17H24F4N4.HI/c1-13(17(19,20)21)24-9-11-25(12-10-24)16(22-2)23-8-7-14-3-5-15(18)6-4-14;/h3-6,13H,7-12H2,1-2H3,(H,22,23);1H. The first-order chi connectivity index (χ1) is 11.8. The van der Waals surface area contributed by atoms with Gasteiger partial charge in [-0.25, -0.2) is 4.39 Å². The predicted molar refractivity (Wildman–Crippen MR) is 106 cm³/mol. The molecule has 0 spiro atoms. The van der Waals surface area contributed by atoms with Gasteiger partial charge in [0, 0.05) is 39.8 Å². The monoisotopic (exact) mass is 488 g/mol. The lowest BCUT2D eigenvalue weighted by Crippen LogP contribution is -2.56. The summed E-state index contributed by atoms with van der Waals surface area (Å²) in [6, 6.07) is 4.88. The zero-order valence-corrected chi connectivity index (χ0v) is 17.2. The molecule has 1 N–H and O–H groups in total. The second-order valence-corrected chi connectivity index (χ2v) is 6.09. The van der Waals surface area contributed by atoms with Crippen LogP contribution in [0.25, 0.3) is 0 Å². The van der Waals surface area contributed by atoms with E-state index in [2.05, 4.69) is 10.3 Å². The third kappa shape index (κ3) is 6.57. The van der Waals surface area contributed by atoms with E-state index in [4.69, 9.17) is 0 Å². The van der Waals surface area contributed by atoms with Crippen molar-refractivity contribution in [2.24, 2.45) is 4.99 Å². The van der Waals surface area contributed by atoms with Crippen LogP contribution in [-0.4, -0.2) is 67.7 Å². The first-order valence-corrected chi connectivity index (χ1v) is 8.32. The summed E-state index contributed by atoms with van der Waals surface area (Å²) in [5.74, 6) is 0.417. The van der Waals surface area contributed by atoms with E-state index in [0.717, 1.165) is 5.56 Å². The minimum atomic E-state index is -4.20. The maximum absolute atomic E-state index is 12.9. The Bertz CT molecular complexity index is 569. The smallest absolute Gasteiger partial charge is 0.356 e. The fourth-order valence-corrected chi connectivity index (χ4v) is 2.83. The van der Waals surface area contributed by atoms with E-state index in [1.165, 1.54) is 24.0 Å². The Hall–Kier alpha value is -1.10. The molecular formula is C17H25F4IN4. The average molecular weight is 488 g/mol. The van der Waals surface area contributed by atoms with Gasteiger partial charge in [-0.3, -0.25) is 9.89 Å². The number of halogens is 5. The average Bonchev–Trinajstić information content (AvgIpc) is 2.59. The van der Waals surface area contributed by atoms with Gasteiger partial charge >= 0.3 is 6.18 Å². The van der Waals surface area contributed by atoms with Crippen LogP contribution in [0.15, 0.2) is 29.3 Å². The minimum absolute atomic E-state index is 0. The molecule has 2 rings (SSSR count). The number of alkyl halides is 3. The van der Waals surface area contributed by atoms with Crippen molar-refractivity contribution < 1.29 is 17.6 Å². The SMILES string of the molecule is CN=C(NCCc1ccc(F)cc1)N1CCN(C(C)C(F)(F)F)CC1.I. The molecule has 1 aliphatic rings. The first kappa shape index (κ1) is 22.9. The lowest BCUT2D eigenvalue weighted by molar-refractivity contribution is -0.181. The number of hydrogen-bond donors (Lipinski definition) is 1. The molecule has 1 unspecified atom stereocenters. The molecular weight excluding hydrogens is 463 g/mol. The summed E-state index contributed by atoms with van der Waals surface area (Å²) in [4.78, 5) is 7.62. The summed E-state index contributed by atoms with van der Waals surface area (Å²) < 4.78 is 51.3. The second kappa shape index (κ2) is 10.3. The summed E-state index contributed by atoms with van der Waals surface area (Å²) in [5, 5.41) is 3.22. The highest BCUT2D eigenvalue weighted by molar-refractivity contribution is 14.0. The van der Waals surface area contributed by atoms with E-state index in [0.29, 0.717) is 45.1 Å². The fraction of sp³-hybridized carbons (Fsp3) is 0.588. The van der Waals surface area contributed by atoms with E-state index in [1.807, 2.05) is 4.90 Å². The summed E-state index contributed by atoms with van der Waals surface area (Å²) >= 11 is 0. The zero-order chi connectivity index (χ0) is 18.4. The van der Waals surface area contributed by atoms with Gasteiger partial charge in [0.2, 0.25) is 0 Å². The lowest BCUT2D eigenvalue weighted by Gasteiger charge is -2.39. The molecule has 1 saturated heterocycles. The normalized spacial score (nSPS) is 17.6. The Balaban J connectivity index is 0.00000338. The Morgan fingerprint density at radius 1 is 1.15 bits per heavy atom. The predicted octanol–water partition coefficient (Wildman–Crippen LogP) is 3.13. The molecule has 1 aromatic rings. The Morgan fingerprint density at radius 3 is 2.23 bits per heavy atom. The Kier molecular flexibility index (Phi) is 9.08. The van der Waals surface area contributed by atoms with Gasteiger partial charge in [0.25, 0.3) is 0 Å². The number of guanidine groups is 1. The third-order valence-electron chi connectivity index (χ3n) is 4.46. The molecule has 26 heavy (non-hydrogen) atoms. The van der Waals surface area contributed by atoms with E-state index >= 15 is 0 Å². The topological polar surface area (TPSA) is 30.9 Å². The molecule has 1 heterocycles. The summed E-state index contributed by atoms with van der Waals surface area (Å²) in [7, 11) is 1.66. The van der Waals surface area contributed by atoms with Crippen molar-refractivity contribution in [3.05, 3.63) is 35.6 Å². The van der Waals surface area contributed by atoms with Gasteiger partial charge in [0.05, 0.1) is 0 Å². The molecule has 0 bridgehead atoms. The second-order valence-electron chi connectivity index (χ2n) is 6.09. The molecule has 0 radical (unpaired) electrons. The number of nitrogens with one attached hydrogen (secondary N) is 1. The number of rotatable bonds is 4. The maximum atomic E-state index is 12.9. The van der Waals surface area contributed by atoms with Crippen LogP contribution < -0.4 is 5.32 Å². The van der Waals surface area contributed by atoms with Crippen molar-refractivity contribution in [2.45, 2.75) is 25.6 Å². The fourth-order valence-electron chi connectivity index (χ4n) is 2.83. The third-order valence-corrected chi connectivity index (χ3v) is 4.46.